The predicted octanol–water partition coefficient (Wildman–Crippen LogP) is 3.56. The van der Waals surface area contributed by atoms with E-state index in [9.17, 15) is 10.3 Å². The van der Waals surface area contributed by atoms with Crippen LogP contribution in [-0.4, -0.2) is 60.6 Å². The van der Waals surface area contributed by atoms with Gasteiger partial charge in [0.05, 0.1) is 38.7 Å². The molecule has 4 aliphatic carbocycles. The molecule has 6 rings (SSSR count). The summed E-state index contributed by atoms with van der Waals surface area (Å²) in [6, 6.07) is 0. The molecule has 0 radical (unpaired) electrons. The molecule has 1 spiro atoms. The SMILES string of the molecule is CC1(C2CCC3C4CCC5CC6(CC[C@]5(C)C4C(O)CC32C=NO)OCCO6)OCCO1. The van der Waals surface area contributed by atoms with E-state index < -0.39 is 11.9 Å². The van der Waals surface area contributed by atoms with Gasteiger partial charge in [0, 0.05) is 24.2 Å². The van der Waals surface area contributed by atoms with E-state index in [4.69, 9.17) is 18.9 Å². The minimum absolute atomic E-state index is 0.0910. The number of ether oxygens (including phenoxy) is 4. The maximum Gasteiger partial charge on any atom is 0.169 e. The lowest BCUT2D eigenvalue weighted by molar-refractivity contribution is -0.247. The first kappa shape index (κ1) is 21.8. The summed E-state index contributed by atoms with van der Waals surface area (Å²) in [5.41, 5.74) is -0.293. The Bertz CT molecular complexity index is 762. The normalized spacial score (nSPS) is 51.6. The quantitative estimate of drug-likeness (QED) is 0.381. The maximum absolute atomic E-state index is 11.8. The molecule has 0 amide bonds. The zero-order chi connectivity index (χ0) is 22.2. The summed E-state index contributed by atoms with van der Waals surface area (Å²) in [5, 5.41) is 25.1. The fourth-order valence-corrected chi connectivity index (χ4v) is 9.61. The molecular weight excluding hydrogens is 410 g/mol. The van der Waals surface area contributed by atoms with Gasteiger partial charge in [-0.1, -0.05) is 6.92 Å². The highest BCUT2D eigenvalue weighted by atomic mass is 16.7. The molecule has 7 unspecified atom stereocenters. The Hall–Kier alpha value is -0.730. The average Bonchev–Trinajstić information content (AvgIpc) is 3.48. The van der Waals surface area contributed by atoms with Crippen molar-refractivity contribution in [3.8, 4) is 0 Å². The van der Waals surface area contributed by atoms with Crippen molar-refractivity contribution in [1.29, 1.82) is 0 Å². The van der Waals surface area contributed by atoms with Gasteiger partial charge in [-0.15, -0.1) is 5.16 Å². The van der Waals surface area contributed by atoms with Crippen molar-refractivity contribution in [2.45, 2.75) is 82.9 Å². The second kappa shape index (κ2) is 7.38. The van der Waals surface area contributed by atoms with Crippen molar-refractivity contribution in [1.82, 2.24) is 0 Å². The fourth-order valence-electron chi connectivity index (χ4n) is 9.61. The molecule has 2 aliphatic heterocycles. The fraction of sp³-hybridized carbons (Fsp3) is 0.960. The number of aliphatic hydroxyl groups is 1. The molecule has 7 nitrogen and oxygen atoms in total. The van der Waals surface area contributed by atoms with Gasteiger partial charge in [-0.3, -0.25) is 0 Å². The van der Waals surface area contributed by atoms with Crippen LogP contribution in [0.5, 0.6) is 0 Å². The van der Waals surface area contributed by atoms with Crippen LogP contribution in [0.15, 0.2) is 5.16 Å². The van der Waals surface area contributed by atoms with Gasteiger partial charge in [0.1, 0.15) is 0 Å². The van der Waals surface area contributed by atoms with Crippen LogP contribution in [0.2, 0.25) is 0 Å². The van der Waals surface area contributed by atoms with Crippen molar-refractivity contribution in [3.63, 3.8) is 0 Å². The molecular formula is C25H39NO6. The van der Waals surface area contributed by atoms with Crippen LogP contribution in [0.4, 0.5) is 0 Å². The van der Waals surface area contributed by atoms with Gasteiger partial charge < -0.3 is 29.3 Å². The summed E-state index contributed by atoms with van der Waals surface area (Å²) in [4.78, 5) is 0. The Morgan fingerprint density at radius 1 is 0.875 bits per heavy atom. The van der Waals surface area contributed by atoms with Crippen LogP contribution >= 0.6 is 0 Å². The van der Waals surface area contributed by atoms with Gasteiger partial charge in [-0.25, -0.2) is 0 Å². The number of oxime groups is 1. The summed E-state index contributed by atoms with van der Waals surface area (Å²) in [6.07, 6.45) is 9.17. The number of fused-ring (bicyclic) bond motifs is 5. The third-order valence-corrected chi connectivity index (χ3v) is 10.8. The Labute approximate surface area is 190 Å². The number of hydrogen-bond donors (Lipinski definition) is 2. The first-order valence-corrected chi connectivity index (χ1v) is 12.8. The van der Waals surface area contributed by atoms with Gasteiger partial charge in [0.25, 0.3) is 0 Å². The summed E-state index contributed by atoms with van der Waals surface area (Å²) in [7, 11) is 0. The highest BCUT2D eigenvalue weighted by Crippen LogP contribution is 2.69. The highest BCUT2D eigenvalue weighted by Gasteiger charge is 2.68. The van der Waals surface area contributed by atoms with Crippen LogP contribution in [0.1, 0.15) is 65.2 Å². The molecule has 0 aromatic heterocycles. The summed E-state index contributed by atoms with van der Waals surface area (Å²) in [5.74, 6) is 0.630. The largest absolute Gasteiger partial charge is 0.411 e. The monoisotopic (exact) mass is 449 g/mol. The Morgan fingerprint density at radius 3 is 2.31 bits per heavy atom. The van der Waals surface area contributed by atoms with E-state index in [1.54, 1.807) is 6.21 Å². The Morgan fingerprint density at radius 2 is 1.59 bits per heavy atom. The van der Waals surface area contributed by atoms with Gasteiger partial charge in [-0.2, -0.15) is 0 Å². The molecule has 6 aliphatic rings. The molecule has 0 bridgehead atoms. The molecule has 2 heterocycles. The van der Waals surface area contributed by atoms with Crippen molar-refractivity contribution in [3.05, 3.63) is 0 Å². The van der Waals surface area contributed by atoms with Crippen LogP contribution < -0.4 is 0 Å². The molecule has 2 N–H and O–H groups in total. The standard InChI is InChI=1S/C25H39NO6/c1-22-7-8-25(31-11-12-32-25)13-16(22)3-4-17-18-5-6-20(23(2)29-9-10-30-23)24(18,15-26-28)14-19(27)21(17)22/h15-21,27-28H,3-14H2,1-2H3/t16?,17?,18?,19?,20?,21?,22-,24?/m0/s1. The van der Waals surface area contributed by atoms with E-state index in [1.807, 2.05) is 6.92 Å². The molecule has 0 aromatic carbocycles. The maximum atomic E-state index is 11.8. The van der Waals surface area contributed by atoms with E-state index in [1.165, 1.54) is 0 Å². The zero-order valence-corrected chi connectivity index (χ0v) is 19.5. The van der Waals surface area contributed by atoms with Gasteiger partial charge >= 0.3 is 0 Å². The van der Waals surface area contributed by atoms with E-state index in [2.05, 4.69) is 12.1 Å². The Kier molecular flexibility index (Phi) is 5.02. The number of nitrogens with zero attached hydrogens (tertiary/aromatic N) is 1. The summed E-state index contributed by atoms with van der Waals surface area (Å²) < 4.78 is 24.4. The predicted molar refractivity (Wildman–Crippen MR) is 116 cm³/mol. The number of aliphatic hydroxyl groups excluding tert-OH is 1. The van der Waals surface area contributed by atoms with E-state index >= 15 is 0 Å². The van der Waals surface area contributed by atoms with Gasteiger partial charge in [-0.05, 0) is 74.5 Å². The third kappa shape index (κ3) is 2.87. The van der Waals surface area contributed by atoms with E-state index in [0.29, 0.717) is 50.6 Å². The second-order valence-electron chi connectivity index (χ2n) is 11.9. The van der Waals surface area contributed by atoms with Crippen molar-refractivity contribution >= 4 is 6.21 Å². The van der Waals surface area contributed by atoms with Crippen molar-refractivity contribution < 1.29 is 29.3 Å². The molecule has 2 saturated heterocycles. The molecule has 4 saturated carbocycles. The molecule has 7 heteroatoms. The lowest BCUT2D eigenvalue weighted by Gasteiger charge is -2.63. The topological polar surface area (TPSA) is 89.7 Å². The van der Waals surface area contributed by atoms with E-state index in [0.717, 1.165) is 44.9 Å². The summed E-state index contributed by atoms with van der Waals surface area (Å²) >= 11 is 0. The number of hydrogen-bond acceptors (Lipinski definition) is 7. The lowest BCUT2D eigenvalue weighted by atomic mass is 9.43. The molecule has 6 fully saturated rings. The van der Waals surface area contributed by atoms with Crippen LogP contribution in [0, 0.1) is 40.4 Å². The minimum atomic E-state index is -0.669. The highest BCUT2D eigenvalue weighted by molar-refractivity contribution is 5.68. The summed E-state index contributed by atoms with van der Waals surface area (Å²) in [6.45, 7) is 7.07. The van der Waals surface area contributed by atoms with Crippen molar-refractivity contribution in [2.24, 2.45) is 45.6 Å². The Balaban J connectivity index is 1.33. The van der Waals surface area contributed by atoms with Gasteiger partial charge in [0.15, 0.2) is 11.6 Å². The first-order chi connectivity index (χ1) is 15.4. The van der Waals surface area contributed by atoms with Crippen LogP contribution in [0.25, 0.3) is 0 Å². The zero-order valence-electron chi connectivity index (χ0n) is 19.5. The average molecular weight is 450 g/mol. The van der Waals surface area contributed by atoms with Crippen LogP contribution in [-0.2, 0) is 18.9 Å². The minimum Gasteiger partial charge on any atom is -0.411 e. The second-order valence-corrected chi connectivity index (χ2v) is 11.9. The number of rotatable bonds is 2. The van der Waals surface area contributed by atoms with E-state index in [-0.39, 0.29) is 28.5 Å². The van der Waals surface area contributed by atoms with Crippen molar-refractivity contribution in [2.75, 3.05) is 26.4 Å². The molecule has 32 heavy (non-hydrogen) atoms. The smallest absolute Gasteiger partial charge is 0.169 e. The van der Waals surface area contributed by atoms with Gasteiger partial charge in [0.2, 0.25) is 0 Å². The van der Waals surface area contributed by atoms with Crippen LogP contribution in [0.3, 0.4) is 0 Å². The first-order valence-electron chi connectivity index (χ1n) is 12.8. The lowest BCUT2D eigenvalue weighted by Crippen LogP contribution is -2.62. The molecule has 8 atom stereocenters. The molecule has 0 aromatic rings. The molecule has 180 valence electrons. The third-order valence-electron chi connectivity index (χ3n) is 10.8.